The Kier molecular flexibility index (Phi) is 3.44. The van der Waals surface area contributed by atoms with Crippen LogP contribution in [0.1, 0.15) is 22.2 Å². The minimum absolute atomic E-state index is 0.665. The van der Waals surface area contributed by atoms with Crippen molar-refractivity contribution in [2.45, 2.75) is 33.4 Å². The van der Waals surface area contributed by atoms with Gasteiger partial charge >= 0.3 is 0 Å². The fourth-order valence-corrected chi connectivity index (χ4v) is 3.12. The first-order valence-electron chi connectivity index (χ1n) is 5.67. The van der Waals surface area contributed by atoms with Crippen molar-refractivity contribution in [3.63, 3.8) is 0 Å². The molecule has 0 saturated carbocycles. The van der Waals surface area contributed by atoms with Gasteiger partial charge in [0.15, 0.2) is 0 Å². The standard InChI is InChI=1S/C12H20N2S/c1-9-7-13-4-5-14(9)8-12-6-10(2)15-11(12)3/h6,9,13H,4-5,7-8H2,1-3H3. The van der Waals surface area contributed by atoms with Crippen molar-refractivity contribution in [2.75, 3.05) is 19.6 Å². The number of nitrogens with one attached hydrogen (secondary N) is 1. The van der Waals surface area contributed by atoms with Crippen molar-refractivity contribution in [1.82, 2.24) is 10.2 Å². The van der Waals surface area contributed by atoms with E-state index in [0.717, 1.165) is 19.6 Å². The molecule has 0 radical (unpaired) electrons. The van der Waals surface area contributed by atoms with Crippen LogP contribution in [0, 0.1) is 13.8 Å². The third kappa shape index (κ3) is 2.60. The average molecular weight is 224 g/mol. The third-order valence-electron chi connectivity index (χ3n) is 3.16. The molecule has 1 saturated heterocycles. The molecule has 0 aliphatic carbocycles. The number of rotatable bonds is 2. The highest BCUT2D eigenvalue weighted by atomic mass is 32.1. The molecular weight excluding hydrogens is 204 g/mol. The molecule has 0 spiro atoms. The topological polar surface area (TPSA) is 15.3 Å². The Balaban J connectivity index is 2.04. The first-order chi connectivity index (χ1) is 7.16. The van der Waals surface area contributed by atoms with Gasteiger partial charge in [0.05, 0.1) is 0 Å². The third-order valence-corrected chi connectivity index (χ3v) is 4.16. The van der Waals surface area contributed by atoms with E-state index in [9.17, 15) is 0 Å². The van der Waals surface area contributed by atoms with Crippen molar-refractivity contribution in [3.05, 3.63) is 21.4 Å². The molecule has 84 valence electrons. The van der Waals surface area contributed by atoms with E-state index in [1.54, 1.807) is 0 Å². The molecule has 1 aromatic heterocycles. The molecule has 0 bridgehead atoms. The van der Waals surface area contributed by atoms with Gasteiger partial charge in [-0.25, -0.2) is 0 Å². The second-order valence-corrected chi connectivity index (χ2v) is 5.92. The van der Waals surface area contributed by atoms with E-state index in [1.807, 2.05) is 11.3 Å². The van der Waals surface area contributed by atoms with Gasteiger partial charge in [0, 0.05) is 42.0 Å². The van der Waals surface area contributed by atoms with Crippen molar-refractivity contribution in [2.24, 2.45) is 0 Å². The summed E-state index contributed by atoms with van der Waals surface area (Å²) in [5.41, 5.74) is 1.52. The number of nitrogens with zero attached hydrogens (tertiary/aromatic N) is 1. The van der Waals surface area contributed by atoms with Crippen molar-refractivity contribution >= 4 is 11.3 Å². The van der Waals surface area contributed by atoms with Crippen molar-refractivity contribution in [3.8, 4) is 0 Å². The minimum atomic E-state index is 0.665. The molecule has 3 heteroatoms. The summed E-state index contributed by atoms with van der Waals surface area (Å²) in [6.45, 7) is 11.3. The predicted molar refractivity (Wildman–Crippen MR) is 66.5 cm³/mol. The van der Waals surface area contributed by atoms with Gasteiger partial charge in [0.1, 0.15) is 0 Å². The van der Waals surface area contributed by atoms with Crippen molar-refractivity contribution in [1.29, 1.82) is 0 Å². The zero-order chi connectivity index (χ0) is 10.8. The lowest BCUT2D eigenvalue weighted by atomic mass is 10.1. The number of thiophene rings is 1. The van der Waals surface area contributed by atoms with Crippen LogP contribution in [0.25, 0.3) is 0 Å². The molecule has 1 aliphatic heterocycles. The van der Waals surface area contributed by atoms with Crippen LogP contribution in [-0.4, -0.2) is 30.6 Å². The molecule has 1 atom stereocenters. The van der Waals surface area contributed by atoms with Crippen molar-refractivity contribution < 1.29 is 0 Å². The SMILES string of the molecule is Cc1cc(CN2CCNCC2C)c(C)s1. The largest absolute Gasteiger partial charge is 0.314 e. The number of hydrogen-bond acceptors (Lipinski definition) is 3. The van der Waals surface area contributed by atoms with E-state index in [4.69, 9.17) is 0 Å². The Bertz CT molecular complexity index is 332. The second-order valence-electron chi connectivity index (χ2n) is 4.46. The van der Waals surface area contributed by atoms with Gasteiger partial charge in [-0.1, -0.05) is 0 Å². The van der Waals surface area contributed by atoms with Crippen LogP contribution in [0.5, 0.6) is 0 Å². The maximum atomic E-state index is 3.43. The summed E-state index contributed by atoms with van der Waals surface area (Å²) in [4.78, 5) is 5.49. The first kappa shape index (κ1) is 11.1. The van der Waals surface area contributed by atoms with Crippen LogP contribution in [-0.2, 0) is 6.54 Å². The van der Waals surface area contributed by atoms with E-state index in [1.165, 1.54) is 21.9 Å². The molecule has 0 amide bonds. The zero-order valence-electron chi connectivity index (χ0n) is 9.84. The molecule has 15 heavy (non-hydrogen) atoms. The van der Waals surface area contributed by atoms with Gasteiger partial charge in [0.25, 0.3) is 0 Å². The Morgan fingerprint density at radius 1 is 1.53 bits per heavy atom. The summed E-state index contributed by atoms with van der Waals surface area (Å²) in [7, 11) is 0. The summed E-state index contributed by atoms with van der Waals surface area (Å²) in [6.07, 6.45) is 0. The molecule has 1 N–H and O–H groups in total. The number of piperazine rings is 1. The highest BCUT2D eigenvalue weighted by molar-refractivity contribution is 7.12. The lowest BCUT2D eigenvalue weighted by Gasteiger charge is -2.33. The highest BCUT2D eigenvalue weighted by Crippen LogP contribution is 2.22. The normalized spacial score (nSPS) is 23.3. The molecule has 1 aliphatic rings. The van der Waals surface area contributed by atoms with Gasteiger partial charge in [-0.05, 0) is 32.4 Å². The minimum Gasteiger partial charge on any atom is -0.314 e. The van der Waals surface area contributed by atoms with Crippen LogP contribution in [0.3, 0.4) is 0 Å². The van der Waals surface area contributed by atoms with E-state index in [-0.39, 0.29) is 0 Å². The molecule has 2 rings (SSSR count). The highest BCUT2D eigenvalue weighted by Gasteiger charge is 2.18. The molecule has 0 aromatic carbocycles. The van der Waals surface area contributed by atoms with Gasteiger partial charge in [-0.15, -0.1) is 11.3 Å². The van der Waals surface area contributed by atoms with Gasteiger partial charge in [-0.3, -0.25) is 4.90 Å². The summed E-state index contributed by atoms with van der Waals surface area (Å²) in [5, 5.41) is 3.43. The van der Waals surface area contributed by atoms with Crippen LogP contribution < -0.4 is 5.32 Å². The molecule has 1 aromatic rings. The second kappa shape index (κ2) is 4.64. The molecule has 1 unspecified atom stereocenters. The maximum absolute atomic E-state index is 3.43. The van der Waals surface area contributed by atoms with E-state index in [2.05, 4.69) is 37.1 Å². The van der Waals surface area contributed by atoms with Crippen LogP contribution >= 0.6 is 11.3 Å². The van der Waals surface area contributed by atoms with E-state index < -0.39 is 0 Å². The molecule has 2 nitrogen and oxygen atoms in total. The Labute approximate surface area is 96.3 Å². The summed E-state index contributed by atoms with van der Waals surface area (Å²) < 4.78 is 0. The first-order valence-corrected chi connectivity index (χ1v) is 6.49. The quantitative estimate of drug-likeness (QED) is 0.828. The fourth-order valence-electron chi connectivity index (χ4n) is 2.18. The number of aryl methyl sites for hydroxylation is 2. The Morgan fingerprint density at radius 2 is 2.33 bits per heavy atom. The summed E-state index contributed by atoms with van der Waals surface area (Å²) in [5.74, 6) is 0. The smallest absolute Gasteiger partial charge is 0.0248 e. The number of hydrogen-bond donors (Lipinski definition) is 1. The lowest BCUT2D eigenvalue weighted by molar-refractivity contribution is 0.165. The monoisotopic (exact) mass is 224 g/mol. The van der Waals surface area contributed by atoms with Crippen LogP contribution in [0.2, 0.25) is 0 Å². The Morgan fingerprint density at radius 3 is 2.93 bits per heavy atom. The van der Waals surface area contributed by atoms with Gasteiger partial charge in [-0.2, -0.15) is 0 Å². The van der Waals surface area contributed by atoms with Gasteiger partial charge in [0.2, 0.25) is 0 Å². The molecule has 2 heterocycles. The summed E-state index contributed by atoms with van der Waals surface area (Å²) in [6, 6.07) is 3.01. The van der Waals surface area contributed by atoms with E-state index in [0.29, 0.717) is 6.04 Å². The lowest BCUT2D eigenvalue weighted by Crippen LogP contribution is -2.49. The zero-order valence-corrected chi connectivity index (χ0v) is 10.7. The average Bonchev–Trinajstić information content (AvgIpc) is 2.49. The summed E-state index contributed by atoms with van der Waals surface area (Å²) >= 11 is 1.92. The van der Waals surface area contributed by atoms with Crippen LogP contribution in [0.15, 0.2) is 6.07 Å². The fraction of sp³-hybridized carbons (Fsp3) is 0.667. The van der Waals surface area contributed by atoms with E-state index >= 15 is 0 Å². The Hall–Kier alpha value is -0.380. The molecule has 1 fully saturated rings. The predicted octanol–water partition coefficient (Wildman–Crippen LogP) is 2.16. The van der Waals surface area contributed by atoms with Crippen LogP contribution in [0.4, 0.5) is 0 Å². The molecular formula is C12H20N2S. The van der Waals surface area contributed by atoms with Gasteiger partial charge < -0.3 is 5.32 Å². The maximum Gasteiger partial charge on any atom is 0.0248 e.